The Morgan fingerprint density at radius 3 is 2.67 bits per heavy atom. The predicted octanol–water partition coefficient (Wildman–Crippen LogP) is 5.57. The molecule has 1 unspecified atom stereocenters. The first-order valence-corrected chi connectivity index (χ1v) is 11.0. The maximum absolute atomic E-state index is 12.3. The summed E-state index contributed by atoms with van der Waals surface area (Å²) in [5, 5.41) is 10.6. The lowest BCUT2D eigenvalue weighted by Gasteiger charge is -2.57. The number of carbonyl (C=O) groups excluding carboxylic acids is 1. The SMILES string of the molecule is CC(=O)[C@H]1CC[C@H]2[C@@H]3CC(Cl)=C4C=C(OC(C)O)CC[C@]4(C)[C@H]3CC[C@]12C. The summed E-state index contributed by atoms with van der Waals surface area (Å²) >= 11 is 6.89. The molecule has 4 heteroatoms. The second-order valence-corrected chi connectivity index (χ2v) is 10.4. The molecule has 0 radical (unpaired) electrons. The Hall–Kier alpha value is -0.800. The van der Waals surface area contributed by atoms with Gasteiger partial charge >= 0.3 is 0 Å². The number of halogens is 1. The quantitative estimate of drug-likeness (QED) is 0.638. The van der Waals surface area contributed by atoms with E-state index in [2.05, 4.69) is 19.9 Å². The molecular weight excluding hydrogens is 360 g/mol. The number of ether oxygens (including phenoxy) is 1. The lowest BCUT2D eigenvalue weighted by Crippen LogP contribution is -2.50. The fraction of sp³-hybridized carbons (Fsp3) is 0.783. The number of allylic oxidation sites excluding steroid dienone is 4. The van der Waals surface area contributed by atoms with Crippen LogP contribution in [0.25, 0.3) is 0 Å². The molecule has 0 saturated heterocycles. The molecule has 0 aromatic rings. The van der Waals surface area contributed by atoms with E-state index in [9.17, 15) is 9.90 Å². The van der Waals surface area contributed by atoms with Gasteiger partial charge in [-0.25, -0.2) is 0 Å². The number of aliphatic hydroxyl groups excluding tert-OH is 1. The highest BCUT2D eigenvalue weighted by Crippen LogP contribution is 2.67. The zero-order chi connectivity index (χ0) is 19.6. The number of Topliss-reactive ketones (excluding diaryl/α,β-unsaturated/α-hetero) is 1. The molecule has 4 rings (SSSR count). The van der Waals surface area contributed by atoms with E-state index in [1.54, 1.807) is 13.8 Å². The van der Waals surface area contributed by atoms with Crippen LogP contribution in [0.1, 0.15) is 72.6 Å². The summed E-state index contributed by atoms with van der Waals surface area (Å²) in [6.07, 6.45) is 8.70. The van der Waals surface area contributed by atoms with Gasteiger partial charge in [0, 0.05) is 17.4 Å². The smallest absolute Gasteiger partial charge is 0.194 e. The van der Waals surface area contributed by atoms with Crippen molar-refractivity contribution in [3.05, 3.63) is 22.4 Å². The molecule has 1 N–H and O–H groups in total. The molecule has 2 fully saturated rings. The Labute approximate surface area is 168 Å². The second-order valence-electron chi connectivity index (χ2n) is 9.93. The summed E-state index contributed by atoms with van der Waals surface area (Å²) in [6.45, 7) is 8.19. The first-order chi connectivity index (χ1) is 12.7. The van der Waals surface area contributed by atoms with Crippen molar-refractivity contribution in [2.24, 2.45) is 34.5 Å². The number of ketones is 1. The molecule has 150 valence electrons. The van der Waals surface area contributed by atoms with Crippen molar-refractivity contribution in [3.63, 3.8) is 0 Å². The molecule has 0 aromatic heterocycles. The van der Waals surface area contributed by atoms with E-state index in [1.165, 1.54) is 18.4 Å². The number of carbonyl (C=O) groups is 1. The molecule has 7 atom stereocenters. The van der Waals surface area contributed by atoms with Crippen molar-refractivity contribution in [2.45, 2.75) is 78.9 Å². The van der Waals surface area contributed by atoms with E-state index in [1.807, 2.05) is 0 Å². The lowest BCUT2D eigenvalue weighted by molar-refractivity contribution is -0.127. The van der Waals surface area contributed by atoms with Gasteiger partial charge in [-0.1, -0.05) is 25.4 Å². The average molecular weight is 393 g/mol. The van der Waals surface area contributed by atoms with Crippen LogP contribution in [0.15, 0.2) is 22.4 Å². The van der Waals surface area contributed by atoms with Crippen LogP contribution in [0.3, 0.4) is 0 Å². The van der Waals surface area contributed by atoms with Gasteiger partial charge in [-0.3, -0.25) is 4.79 Å². The summed E-state index contributed by atoms with van der Waals surface area (Å²) < 4.78 is 5.58. The van der Waals surface area contributed by atoms with Crippen molar-refractivity contribution in [1.29, 1.82) is 0 Å². The Morgan fingerprint density at radius 1 is 1.26 bits per heavy atom. The van der Waals surface area contributed by atoms with Crippen LogP contribution in [-0.4, -0.2) is 17.2 Å². The summed E-state index contributed by atoms with van der Waals surface area (Å²) in [6, 6.07) is 0. The number of rotatable bonds is 3. The van der Waals surface area contributed by atoms with Crippen LogP contribution in [0.5, 0.6) is 0 Å². The maximum atomic E-state index is 12.3. The van der Waals surface area contributed by atoms with Gasteiger partial charge in [0.2, 0.25) is 0 Å². The van der Waals surface area contributed by atoms with Crippen molar-refractivity contribution in [2.75, 3.05) is 0 Å². The van der Waals surface area contributed by atoms with Crippen LogP contribution in [0.4, 0.5) is 0 Å². The van der Waals surface area contributed by atoms with E-state index in [0.717, 1.165) is 42.9 Å². The summed E-state index contributed by atoms with van der Waals surface area (Å²) in [5.41, 5.74) is 1.47. The van der Waals surface area contributed by atoms with Crippen LogP contribution in [-0.2, 0) is 9.53 Å². The monoisotopic (exact) mass is 392 g/mol. The van der Waals surface area contributed by atoms with Gasteiger partial charge in [0.1, 0.15) is 5.78 Å². The standard InChI is InChI=1S/C23H33ClO3/c1-13(25)17-5-6-18-16-12-21(24)20-11-15(27-14(2)26)7-9-23(20,4)19(16)8-10-22(17,18)3/h11,14,16-19,26H,5-10,12H2,1-4H3/t14?,16-,17+,18-,19-,22+,23+/m0/s1. The highest BCUT2D eigenvalue weighted by Gasteiger charge is 2.59. The summed E-state index contributed by atoms with van der Waals surface area (Å²) in [4.78, 5) is 12.3. The Kier molecular flexibility index (Phi) is 4.79. The highest BCUT2D eigenvalue weighted by atomic mass is 35.5. The number of fused-ring (bicyclic) bond motifs is 5. The molecule has 2 saturated carbocycles. The van der Waals surface area contributed by atoms with Crippen molar-refractivity contribution < 1.29 is 14.6 Å². The molecule has 0 aliphatic heterocycles. The minimum atomic E-state index is -0.784. The number of hydrogen-bond donors (Lipinski definition) is 1. The zero-order valence-corrected chi connectivity index (χ0v) is 17.8. The number of aliphatic hydroxyl groups is 1. The van der Waals surface area contributed by atoms with E-state index in [0.29, 0.717) is 23.5 Å². The van der Waals surface area contributed by atoms with E-state index in [4.69, 9.17) is 16.3 Å². The Balaban J connectivity index is 1.68. The van der Waals surface area contributed by atoms with Crippen LogP contribution in [0.2, 0.25) is 0 Å². The predicted molar refractivity (Wildman–Crippen MR) is 107 cm³/mol. The third-order valence-electron chi connectivity index (χ3n) is 8.59. The molecule has 3 nitrogen and oxygen atoms in total. The molecule has 0 bridgehead atoms. The van der Waals surface area contributed by atoms with Gasteiger partial charge < -0.3 is 9.84 Å². The first kappa shape index (κ1) is 19.5. The summed E-state index contributed by atoms with van der Waals surface area (Å²) in [7, 11) is 0. The van der Waals surface area contributed by atoms with E-state index < -0.39 is 6.29 Å². The highest BCUT2D eigenvalue weighted by molar-refractivity contribution is 6.30. The van der Waals surface area contributed by atoms with Gasteiger partial charge in [-0.05, 0) is 92.6 Å². The van der Waals surface area contributed by atoms with Gasteiger partial charge in [0.05, 0.1) is 5.76 Å². The van der Waals surface area contributed by atoms with E-state index >= 15 is 0 Å². The summed E-state index contributed by atoms with van der Waals surface area (Å²) in [5.74, 6) is 3.29. The minimum absolute atomic E-state index is 0.0845. The third kappa shape index (κ3) is 2.92. The third-order valence-corrected chi connectivity index (χ3v) is 8.94. The fourth-order valence-corrected chi connectivity index (χ4v) is 7.80. The Bertz CT molecular complexity index is 708. The second kappa shape index (κ2) is 6.62. The molecule has 0 spiro atoms. The Morgan fingerprint density at radius 2 is 2.00 bits per heavy atom. The van der Waals surface area contributed by atoms with Crippen LogP contribution < -0.4 is 0 Å². The average Bonchev–Trinajstić information content (AvgIpc) is 2.93. The van der Waals surface area contributed by atoms with E-state index in [-0.39, 0.29) is 16.7 Å². The molecule has 4 aliphatic rings. The van der Waals surface area contributed by atoms with Crippen molar-refractivity contribution >= 4 is 17.4 Å². The lowest BCUT2D eigenvalue weighted by atomic mass is 9.48. The van der Waals surface area contributed by atoms with Crippen LogP contribution in [0, 0.1) is 34.5 Å². The van der Waals surface area contributed by atoms with Crippen molar-refractivity contribution in [1.82, 2.24) is 0 Å². The van der Waals surface area contributed by atoms with Gasteiger partial charge in [0.25, 0.3) is 0 Å². The van der Waals surface area contributed by atoms with Gasteiger partial charge in [0.15, 0.2) is 6.29 Å². The molecule has 27 heavy (non-hydrogen) atoms. The van der Waals surface area contributed by atoms with Crippen LogP contribution >= 0.6 is 11.6 Å². The molecular formula is C23H33ClO3. The fourth-order valence-electron chi connectivity index (χ4n) is 7.35. The largest absolute Gasteiger partial charge is 0.470 e. The zero-order valence-electron chi connectivity index (χ0n) is 17.1. The number of hydrogen-bond acceptors (Lipinski definition) is 3. The minimum Gasteiger partial charge on any atom is -0.470 e. The topological polar surface area (TPSA) is 46.5 Å². The molecule has 0 aromatic carbocycles. The first-order valence-electron chi connectivity index (χ1n) is 10.6. The normalized spacial score (nSPS) is 44.7. The molecule has 0 heterocycles. The molecule has 4 aliphatic carbocycles. The van der Waals surface area contributed by atoms with Crippen molar-refractivity contribution in [3.8, 4) is 0 Å². The van der Waals surface area contributed by atoms with Gasteiger partial charge in [-0.15, -0.1) is 0 Å². The molecule has 0 amide bonds. The maximum Gasteiger partial charge on any atom is 0.194 e. The van der Waals surface area contributed by atoms with Gasteiger partial charge in [-0.2, -0.15) is 0 Å².